The van der Waals surface area contributed by atoms with Crippen molar-refractivity contribution < 1.29 is 4.79 Å². The average molecular weight is 291 g/mol. The Morgan fingerprint density at radius 3 is 2.45 bits per heavy atom. The molecule has 0 amide bonds. The molecule has 0 saturated carbocycles. The highest BCUT2D eigenvalue weighted by Gasteiger charge is 2.22. The van der Waals surface area contributed by atoms with Crippen LogP contribution in [0.15, 0.2) is 24.3 Å². The first-order chi connectivity index (χ1) is 9.41. The van der Waals surface area contributed by atoms with Crippen LogP contribution in [0.25, 0.3) is 0 Å². The van der Waals surface area contributed by atoms with Gasteiger partial charge >= 0.3 is 0 Å². The molecule has 2 rings (SSSR count). The van der Waals surface area contributed by atoms with E-state index < -0.39 is 0 Å². The van der Waals surface area contributed by atoms with Gasteiger partial charge in [-0.2, -0.15) is 0 Å². The molecule has 3 nitrogen and oxygen atoms in total. The van der Waals surface area contributed by atoms with Gasteiger partial charge in [0.2, 0.25) is 0 Å². The molecule has 0 aliphatic carbocycles. The number of nitrogens with one attached hydrogen (secondary N) is 1. The van der Waals surface area contributed by atoms with Crippen molar-refractivity contribution in [3.63, 3.8) is 0 Å². The Kier molecular flexibility index (Phi) is 4.31. The fourth-order valence-corrected chi connectivity index (χ4v) is 2.66. The van der Waals surface area contributed by atoms with E-state index in [2.05, 4.69) is 9.88 Å². The summed E-state index contributed by atoms with van der Waals surface area (Å²) in [4.78, 5) is 18.1. The SMILES string of the molecule is Cc1[nH]c(C)c(C(=O)c2ccccc2Cl)c1CN(C)C. The van der Waals surface area contributed by atoms with Crippen molar-refractivity contribution in [1.29, 1.82) is 0 Å². The number of carbonyl (C=O) groups excluding carboxylic acids is 1. The third kappa shape index (κ3) is 2.79. The zero-order valence-electron chi connectivity index (χ0n) is 12.2. The summed E-state index contributed by atoms with van der Waals surface area (Å²) < 4.78 is 0. The Bertz CT molecular complexity index is 644. The van der Waals surface area contributed by atoms with Crippen molar-refractivity contribution in [3.05, 3.63) is 57.4 Å². The number of hydrogen-bond donors (Lipinski definition) is 1. The summed E-state index contributed by atoms with van der Waals surface area (Å²) in [5.74, 6) is -0.0192. The van der Waals surface area contributed by atoms with E-state index >= 15 is 0 Å². The van der Waals surface area contributed by atoms with Gasteiger partial charge in [0.25, 0.3) is 0 Å². The van der Waals surface area contributed by atoms with E-state index in [-0.39, 0.29) is 5.78 Å². The maximum absolute atomic E-state index is 12.8. The van der Waals surface area contributed by atoms with Gasteiger partial charge in [-0.1, -0.05) is 23.7 Å². The van der Waals surface area contributed by atoms with E-state index in [1.165, 1.54) is 0 Å². The number of carbonyl (C=O) groups is 1. The first kappa shape index (κ1) is 14.8. The third-order valence-electron chi connectivity index (χ3n) is 3.32. The smallest absolute Gasteiger partial charge is 0.196 e. The highest BCUT2D eigenvalue weighted by molar-refractivity contribution is 6.35. The summed E-state index contributed by atoms with van der Waals surface area (Å²) in [6, 6.07) is 7.18. The Balaban J connectivity index is 2.52. The summed E-state index contributed by atoms with van der Waals surface area (Å²) in [5, 5.41) is 0.492. The van der Waals surface area contributed by atoms with Gasteiger partial charge in [0.15, 0.2) is 5.78 Å². The zero-order chi connectivity index (χ0) is 14.9. The molecule has 2 aromatic rings. The maximum atomic E-state index is 12.8. The molecular formula is C16H19ClN2O. The second-order valence-corrected chi connectivity index (χ2v) is 5.68. The van der Waals surface area contributed by atoms with Crippen LogP contribution in [0.2, 0.25) is 5.02 Å². The average Bonchev–Trinajstić information content (AvgIpc) is 2.63. The van der Waals surface area contributed by atoms with E-state index in [9.17, 15) is 4.79 Å². The lowest BCUT2D eigenvalue weighted by molar-refractivity contribution is 0.103. The van der Waals surface area contributed by atoms with E-state index in [0.717, 1.165) is 29.1 Å². The Hall–Kier alpha value is -1.58. The van der Waals surface area contributed by atoms with Gasteiger partial charge in [-0.05, 0) is 45.6 Å². The molecule has 4 heteroatoms. The van der Waals surface area contributed by atoms with Gasteiger partial charge in [-0.15, -0.1) is 0 Å². The van der Waals surface area contributed by atoms with Crippen LogP contribution in [0.5, 0.6) is 0 Å². The van der Waals surface area contributed by atoms with Gasteiger partial charge in [-0.25, -0.2) is 0 Å². The van der Waals surface area contributed by atoms with Crippen LogP contribution < -0.4 is 0 Å². The number of aromatic amines is 1. The summed E-state index contributed by atoms with van der Waals surface area (Å²) in [5.41, 5.74) is 4.26. The predicted molar refractivity (Wildman–Crippen MR) is 82.5 cm³/mol. The molecular weight excluding hydrogens is 272 g/mol. The van der Waals surface area contributed by atoms with Crippen molar-refractivity contribution in [2.24, 2.45) is 0 Å². The minimum absolute atomic E-state index is 0.0192. The molecule has 1 heterocycles. The molecule has 0 fully saturated rings. The van der Waals surface area contributed by atoms with E-state index in [1.54, 1.807) is 12.1 Å². The van der Waals surface area contributed by atoms with Crippen LogP contribution in [-0.2, 0) is 6.54 Å². The lowest BCUT2D eigenvalue weighted by atomic mass is 9.98. The Labute approximate surface area is 124 Å². The topological polar surface area (TPSA) is 36.1 Å². The fraction of sp³-hybridized carbons (Fsp3) is 0.312. The molecule has 1 N–H and O–H groups in total. The number of halogens is 1. The summed E-state index contributed by atoms with van der Waals surface area (Å²) in [6.45, 7) is 4.65. The first-order valence-electron chi connectivity index (χ1n) is 6.53. The molecule has 0 saturated heterocycles. The number of ketones is 1. The number of H-pyrrole nitrogens is 1. The molecule has 106 valence electrons. The molecule has 1 aromatic carbocycles. The van der Waals surface area contributed by atoms with Crippen LogP contribution in [0.1, 0.15) is 32.9 Å². The minimum Gasteiger partial charge on any atom is -0.362 e. The van der Waals surface area contributed by atoms with Crippen molar-refractivity contribution in [1.82, 2.24) is 9.88 Å². The number of aryl methyl sites for hydroxylation is 2. The zero-order valence-corrected chi connectivity index (χ0v) is 13.0. The van der Waals surface area contributed by atoms with E-state index in [1.807, 2.05) is 40.1 Å². The molecule has 1 aromatic heterocycles. The summed E-state index contributed by atoms with van der Waals surface area (Å²) in [6.07, 6.45) is 0. The van der Waals surface area contributed by atoms with Gasteiger partial charge in [0.1, 0.15) is 0 Å². The largest absolute Gasteiger partial charge is 0.362 e. The molecule has 0 atom stereocenters. The molecule has 0 aliphatic heterocycles. The van der Waals surface area contributed by atoms with Gasteiger partial charge in [-0.3, -0.25) is 4.79 Å². The summed E-state index contributed by atoms with van der Waals surface area (Å²) in [7, 11) is 3.98. The van der Waals surface area contributed by atoms with Crippen molar-refractivity contribution >= 4 is 17.4 Å². The molecule has 20 heavy (non-hydrogen) atoms. The summed E-state index contributed by atoms with van der Waals surface area (Å²) >= 11 is 6.14. The highest BCUT2D eigenvalue weighted by atomic mass is 35.5. The van der Waals surface area contributed by atoms with E-state index in [4.69, 9.17) is 11.6 Å². The van der Waals surface area contributed by atoms with Crippen LogP contribution in [0.3, 0.4) is 0 Å². The number of benzene rings is 1. The standard InChI is InChI=1S/C16H19ClN2O/c1-10-13(9-19(3)4)15(11(2)18-10)16(20)12-7-5-6-8-14(12)17/h5-8,18H,9H2,1-4H3. The molecule has 0 aliphatic rings. The lowest BCUT2D eigenvalue weighted by Crippen LogP contribution is -2.15. The maximum Gasteiger partial charge on any atom is 0.196 e. The normalized spacial score (nSPS) is 11.1. The predicted octanol–water partition coefficient (Wildman–Crippen LogP) is 3.58. The van der Waals surface area contributed by atoms with Gasteiger partial charge in [0, 0.05) is 29.1 Å². The fourth-order valence-electron chi connectivity index (χ4n) is 2.43. The van der Waals surface area contributed by atoms with Crippen molar-refractivity contribution in [3.8, 4) is 0 Å². The number of aromatic nitrogens is 1. The lowest BCUT2D eigenvalue weighted by Gasteiger charge is -2.12. The highest BCUT2D eigenvalue weighted by Crippen LogP contribution is 2.26. The number of hydrogen-bond acceptors (Lipinski definition) is 2. The van der Waals surface area contributed by atoms with Crippen molar-refractivity contribution in [2.45, 2.75) is 20.4 Å². The molecule has 0 spiro atoms. The monoisotopic (exact) mass is 290 g/mol. The van der Waals surface area contributed by atoms with Crippen LogP contribution >= 0.6 is 11.6 Å². The minimum atomic E-state index is -0.0192. The number of nitrogens with zero attached hydrogens (tertiary/aromatic N) is 1. The first-order valence-corrected chi connectivity index (χ1v) is 6.91. The second-order valence-electron chi connectivity index (χ2n) is 5.28. The molecule has 0 unspecified atom stereocenters. The van der Waals surface area contributed by atoms with Crippen molar-refractivity contribution in [2.75, 3.05) is 14.1 Å². The van der Waals surface area contributed by atoms with E-state index in [0.29, 0.717) is 10.6 Å². The molecule has 0 radical (unpaired) electrons. The van der Waals surface area contributed by atoms with Crippen LogP contribution in [0, 0.1) is 13.8 Å². The van der Waals surface area contributed by atoms with Gasteiger partial charge < -0.3 is 9.88 Å². The Morgan fingerprint density at radius 2 is 1.85 bits per heavy atom. The number of rotatable bonds is 4. The van der Waals surface area contributed by atoms with Crippen LogP contribution in [-0.4, -0.2) is 29.8 Å². The third-order valence-corrected chi connectivity index (χ3v) is 3.65. The Morgan fingerprint density at radius 1 is 1.20 bits per heavy atom. The quantitative estimate of drug-likeness (QED) is 0.874. The van der Waals surface area contributed by atoms with Crippen LogP contribution in [0.4, 0.5) is 0 Å². The second kappa shape index (κ2) is 5.81. The molecule has 0 bridgehead atoms. The van der Waals surface area contributed by atoms with Gasteiger partial charge in [0.05, 0.1) is 5.02 Å².